The van der Waals surface area contributed by atoms with Crippen LogP contribution in [0.1, 0.15) is 61.3 Å². The van der Waals surface area contributed by atoms with Gasteiger partial charge in [-0.15, -0.1) is 0 Å². The molecule has 1 fully saturated rings. The van der Waals surface area contributed by atoms with Crippen molar-refractivity contribution < 1.29 is 23.8 Å². The third-order valence-corrected chi connectivity index (χ3v) is 6.50. The molecule has 0 spiro atoms. The Morgan fingerprint density at radius 3 is 2.54 bits per heavy atom. The first-order valence-electron chi connectivity index (χ1n) is 12.2. The predicted molar refractivity (Wildman–Crippen MR) is 132 cm³/mol. The molecule has 2 aromatic rings. The number of hydrogen-bond donors (Lipinski definition) is 0. The molecule has 0 saturated carbocycles. The molecule has 0 aliphatic carbocycles. The van der Waals surface area contributed by atoms with E-state index in [9.17, 15) is 9.59 Å². The van der Waals surface area contributed by atoms with E-state index in [-0.39, 0.29) is 12.1 Å². The molecule has 0 radical (unpaired) electrons. The van der Waals surface area contributed by atoms with Crippen molar-refractivity contribution in [2.24, 2.45) is 5.92 Å². The Labute approximate surface area is 207 Å². The van der Waals surface area contributed by atoms with Crippen molar-refractivity contribution >= 4 is 17.7 Å². The van der Waals surface area contributed by atoms with Crippen molar-refractivity contribution in [3.8, 4) is 0 Å². The van der Waals surface area contributed by atoms with Gasteiger partial charge in [-0.1, -0.05) is 24.3 Å². The van der Waals surface area contributed by atoms with Gasteiger partial charge in [-0.25, -0.2) is 9.59 Å². The van der Waals surface area contributed by atoms with Crippen LogP contribution in [0.5, 0.6) is 0 Å². The van der Waals surface area contributed by atoms with E-state index in [2.05, 4.69) is 16.0 Å². The zero-order chi connectivity index (χ0) is 25.0. The molecule has 2 aliphatic heterocycles. The summed E-state index contributed by atoms with van der Waals surface area (Å²) in [6, 6.07) is 10.0. The van der Waals surface area contributed by atoms with Crippen LogP contribution in [0, 0.1) is 5.92 Å². The van der Waals surface area contributed by atoms with Crippen molar-refractivity contribution in [3.63, 3.8) is 0 Å². The molecule has 3 heterocycles. The lowest BCUT2D eigenvalue weighted by Crippen LogP contribution is -2.44. The van der Waals surface area contributed by atoms with E-state index in [0.717, 1.165) is 43.6 Å². The smallest absolute Gasteiger partial charge is 0.412 e. The van der Waals surface area contributed by atoms with Gasteiger partial charge >= 0.3 is 12.1 Å². The van der Waals surface area contributed by atoms with Gasteiger partial charge in [0.2, 0.25) is 0 Å². The topological polar surface area (TPSA) is 81.2 Å². The number of piperidine rings is 1. The van der Waals surface area contributed by atoms with Crippen LogP contribution in [0.2, 0.25) is 0 Å². The monoisotopic (exact) mass is 481 g/mol. The van der Waals surface area contributed by atoms with Crippen LogP contribution in [0.25, 0.3) is 0 Å². The first-order valence-corrected chi connectivity index (χ1v) is 12.2. The average molecular weight is 482 g/mol. The van der Waals surface area contributed by atoms with Crippen molar-refractivity contribution in [1.29, 1.82) is 0 Å². The van der Waals surface area contributed by atoms with Crippen LogP contribution in [0.4, 0.5) is 10.5 Å². The normalized spacial score (nSPS) is 18.7. The van der Waals surface area contributed by atoms with E-state index in [1.807, 2.05) is 45.0 Å². The molecule has 2 aliphatic rings. The van der Waals surface area contributed by atoms with Crippen LogP contribution in [0.15, 0.2) is 42.7 Å². The Kier molecular flexibility index (Phi) is 7.60. The maximum atomic E-state index is 13.0. The highest BCUT2D eigenvalue weighted by Gasteiger charge is 2.35. The third-order valence-electron chi connectivity index (χ3n) is 6.50. The molecule has 1 aromatic heterocycles. The third kappa shape index (κ3) is 5.93. The minimum atomic E-state index is -0.568. The van der Waals surface area contributed by atoms with Gasteiger partial charge in [0.1, 0.15) is 11.2 Å². The Balaban J connectivity index is 1.41. The number of fused-ring (bicyclic) bond motifs is 1. The quantitative estimate of drug-likeness (QED) is 0.578. The van der Waals surface area contributed by atoms with Gasteiger partial charge in [0.25, 0.3) is 0 Å². The fourth-order valence-corrected chi connectivity index (χ4v) is 4.71. The van der Waals surface area contributed by atoms with E-state index in [0.29, 0.717) is 24.6 Å². The first kappa shape index (κ1) is 25.0. The highest BCUT2D eigenvalue weighted by Crippen LogP contribution is 2.34. The van der Waals surface area contributed by atoms with Crippen LogP contribution in [-0.4, -0.2) is 60.9 Å². The molecule has 1 aromatic carbocycles. The average Bonchev–Trinajstić information content (AvgIpc) is 2.86. The van der Waals surface area contributed by atoms with Gasteiger partial charge in [0.05, 0.1) is 19.4 Å². The van der Waals surface area contributed by atoms with E-state index in [4.69, 9.17) is 14.2 Å². The van der Waals surface area contributed by atoms with E-state index < -0.39 is 11.8 Å². The van der Waals surface area contributed by atoms with Gasteiger partial charge in [0.15, 0.2) is 6.23 Å². The number of ether oxygens (including phenoxy) is 3. The molecule has 1 unspecified atom stereocenters. The zero-order valence-electron chi connectivity index (χ0n) is 21.0. The van der Waals surface area contributed by atoms with Crippen molar-refractivity contribution in [2.75, 3.05) is 38.3 Å². The number of carbonyl (C=O) groups excluding carboxylic acids is 2. The Morgan fingerprint density at radius 2 is 1.83 bits per heavy atom. The van der Waals surface area contributed by atoms with Crippen molar-refractivity contribution in [3.05, 3.63) is 59.4 Å². The Morgan fingerprint density at radius 1 is 1.09 bits per heavy atom. The lowest BCUT2D eigenvalue weighted by Gasteiger charge is -2.39. The number of methoxy groups -OCH3 is 1. The van der Waals surface area contributed by atoms with Gasteiger partial charge in [-0.05, 0) is 57.6 Å². The molecular formula is C27H35N3O5. The molecule has 4 rings (SSSR count). The lowest BCUT2D eigenvalue weighted by atomic mass is 9.96. The van der Waals surface area contributed by atoms with Gasteiger partial charge in [0, 0.05) is 37.6 Å². The fourth-order valence-electron chi connectivity index (χ4n) is 4.71. The molecule has 35 heavy (non-hydrogen) atoms. The number of aromatic nitrogens is 1. The second-order valence-corrected chi connectivity index (χ2v) is 10.1. The molecule has 1 saturated heterocycles. The van der Waals surface area contributed by atoms with Gasteiger partial charge in [-0.3, -0.25) is 9.88 Å². The minimum absolute atomic E-state index is 0.347. The number of rotatable bonds is 5. The summed E-state index contributed by atoms with van der Waals surface area (Å²) in [6.07, 6.45) is 5.07. The highest BCUT2D eigenvalue weighted by molar-refractivity contribution is 5.95. The number of carbonyl (C=O) groups is 2. The van der Waals surface area contributed by atoms with E-state index >= 15 is 0 Å². The van der Waals surface area contributed by atoms with Crippen molar-refractivity contribution in [1.82, 2.24) is 9.88 Å². The standard InChI is InChI=1S/C27H35N3O5/c1-27(2,3)35-26(32)30-16-12-20-7-5-6-8-21(20)24(30)34-18-19-10-14-29(15-11-19)23-9-13-28-17-22(23)25(31)33-4/h5-9,13,17,19,24H,10-12,14-16,18H2,1-4H3. The minimum Gasteiger partial charge on any atom is -0.465 e. The molecule has 1 atom stereocenters. The number of esters is 1. The summed E-state index contributed by atoms with van der Waals surface area (Å²) in [4.78, 5) is 33.1. The number of benzene rings is 1. The number of hydrogen-bond acceptors (Lipinski definition) is 7. The maximum Gasteiger partial charge on any atom is 0.412 e. The largest absolute Gasteiger partial charge is 0.465 e. The second-order valence-electron chi connectivity index (χ2n) is 10.1. The molecule has 0 bridgehead atoms. The zero-order valence-corrected chi connectivity index (χ0v) is 21.0. The fraction of sp³-hybridized carbons (Fsp3) is 0.519. The highest BCUT2D eigenvalue weighted by atomic mass is 16.6. The summed E-state index contributed by atoms with van der Waals surface area (Å²) >= 11 is 0. The summed E-state index contributed by atoms with van der Waals surface area (Å²) in [5.74, 6) is -0.0269. The van der Waals surface area contributed by atoms with Crippen LogP contribution < -0.4 is 4.90 Å². The summed E-state index contributed by atoms with van der Waals surface area (Å²) < 4.78 is 17.0. The lowest BCUT2D eigenvalue weighted by molar-refractivity contribution is -0.0853. The SMILES string of the molecule is COC(=O)c1cnccc1N1CCC(COC2c3ccccc3CCN2C(=O)OC(C)(C)C)CC1. The van der Waals surface area contributed by atoms with E-state index in [1.54, 1.807) is 17.3 Å². The maximum absolute atomic E-state index is 13.0. The second kappa shape index (κ2) is 10.6. The summed E-state index contributed by atoms with van der Waals surface area (Å²) in [5, 5.41) is 0. The number of anilines is 1. The number of amides is 1. The predicted octanol–water partition coefficient (Wildman–Crippen LogP) is 4.59. The van der Waals surface area contributed by atoms with Crippen LogP contribution in [0.3, 0.4) is 0 Å². The number of nitrogens with zero attached hydrogens (tertiary/aromatic N) is 3. The summed E-state index contributed by atoms with van der Waals surface area (Å²) in [7, 11) is 1.38. The Hall–Kier alpha value is -3.13. The van der Waals surface area contributed by atoms with Gasteiger partial charge in [-0.2, -0.15) is 0 Å². The van der Waals surface area contributed by atoms with E-state index in [1.165, 1.54) is 12.7 Å². The Bertz CT molecular complexity index is 1040. The van der Waals surface area contributed by atoms with Gasteiger partial charge < -0.3 is 19.1 Å². The number of pyridine rings is 1. The summed E-state index contributed by atoms with van der Waals surface area (Å²) in [6.45, 7) is 8.35. The molecule has 1 amide bonds. The van der Waals surface area contributed by atoms with Crippen LogP contribution in [-0.2, 0) is 20.6 Å². The van der Waals surface area contributed by atoms with Crippen LogP contribution >= 0.6 is 0 Å². The first-order chi connectivity index (χ1) is 16.8. The molecule has 8 nitrogen and oxygen atoms in total. The summed E-state index contributed by atoms with van der Waals surface area (Å²) in [5.41, 5.74) is 3.00. The molecule has 8 heteroatoms. The molecular weight excluding hydrogens is 446 g/mol. The van der Waals surface area contributed by atoms with Crippen molar-refractivity contribution in [2.45, 2.75) is 51.9 Å². The molecule has 188 valence electrons. The molecule has 0 N–H and O–H groups in total.